The Morgan fingerprint density at radius 3 is 2.32 bits per heavy atom. The Balaban J connectivity index is 1.83. The normalized spacial score (nSPS) is 24.3. The van der Waals surface area contributed by atoms with Crippen molar-refractivity contribution in [1.82, 2.24) is 5.32 Å². The summed E-state index contributed by atoms with van der Waals surface area (Å²) in [7, 11) is 0. The number of amides is 1. The molecule has 4 heteroatoms. The third kappa shape index (κ3) is 3.28. The molecule has 2 aliphatic rings. The molecule has 0 spiro atoms. The topological polar surface area (TPSA) is 66.4 Å². The molecular weight excluding hydrogens is 242 g/mol. The van der Waals surface area contributed by atoms with E-state index in [9.17, 15) is 14.7 Å². The van der Waals surface area contributed by atoms with Gasteiger partial charge in [0.05, 0.1) is 0 Å². The van der Waals surface area contributed by atoms with Gasteiger partial charge in [-0.2, -0.15) is 0 Å². The van der Waals surface area contributed by atoms with Gasteiger partial charge in [-0.1, -0.05) is 39.0 Å². The molecule has 0 aromatic carbocycles. The Hall–Kier alpha value is -1.06. The first-order chi connectivity index (χ1) is 9.03. The second kappa shape index (κ2) is 5.93. The summed E-state index contributed by atoms with van der Waals surface area (Å²) < 4.78 is 0. The maximum Gasteiger partial charge on any atom is 0.329 e. The minimum Gasteiger partial charge on any atom is -0.480 e. The van der Waals surface area contributed by atoms with Crippen LogP contribution in [0.5, 0.6) is 0 Å². The molecule has 0 bridgehead atoms. The second-order valence-corrected chi connectivity index (χ2v) is 6.37. The maximum atomic E-state index is 12.2. The van der Waals surface area contributed by atoms with Gasteiger partial charge in [-0.15, -0.1) is 0 Å². The molecule has 1 atom stereocenters. The first-order valence-electron chi connectivity index (χ1n) is 7.59. The lowest BCUT2D eigenvalue weighted by atomic mass is 9.76. The van der Waals surface area contributed by atoms with E-state index >= 15 is 0 Å². The van der Waals surface area contributed by atoms with Crippen LogP contribution < -0.4 is 5.32 Å². The predicted octanol–water partition coefficient (Wildman–Crippen LogP) is 2.72. The van der Waals surface area contributed by atoms with Crippen molar-refractivity contribution in [2.45, 2.75) is 70.3 Å². The van der Waals surface area contributed by atoms with E-state index in [2.05, 4.69) is 5.32 Å². The Kier molecular flexibility index (Phi) is 4.48. The lowest BCUT2D eigenvalue weighted by Crippen LogP contribution is -2.60. The zero-order chi connectivity index (χ0) is 13.9. The number of hydrogen-bond donors (Lipinski definition) is 2. The van der Waals surface area contributed by atoms with Gasteiger partial charge >= 0.3 is 5.97 Å². The molecule has 0 saturated heterocycles. The molecule has 0 heterocycles. The van der Waals surface area contributed by atoms with Crippen LogP contribution in [0, 0.1) is 11.8 Å². The average molecular weight is 267 g/mol. The van der Waals surface area contributed by atoms with Crippen LogP contribution in [0.15, 0.2) is 0 Å². The fourth-order valence-corrected chi connectivity index (χ4v) is 3.31. The number of carboxylic acid groups (broad SMARTS) is 1. The van der Waals surface area contributed by atoms with Crippen molar-refractivity contribution in [3.05, 3.63) is 0 Å². The maximum absolute atomic E-state index is 12.2. The summed E-state index contributed by atoms with van der Waals surface area (Å²) in [5, 5.41) is 12.0. The van der Waals surface area contributed by atoms with Crippen LogP contribution in [0.1, 0.15) is 64.7 Å². The van der Waals surface area contributed by atoms with E-state index in [-0.39, 0.29) is 11.8 Å². The van der Waals surface area contributed by atoms with E-state index in [0.717, 1.165) is 12.8 Å². The van der Waals surface area contributed by atoms with Crippen LogP contribution in [-0.2, 0) is 9.59 Å². The Morgan fingerprint density at radius 2 is 1.84 bits per heavy atom. The van der Waals surface area contributed by atoms with Gasteiger partial charge in [0.25, 0.3) is 0 Å². The van der Waals surface area contributed by atoms with Crippen molar-refractivity contribution in [3.63, 3.8) is 0 Å². The molecule has 0 aromatic heterocycles. The third-order valence-electron chi connectivity index (χ3n) is 4.84. The van der Waals surface area contributed by atoms with E-state index in [1.54, 1.807) is 0 Å². The predicted molar refractivity (Wildman–Crippen MR) is 72.7 cm³/mol. The first-order valence-corrected chi connectivity index (χ1v) is 7.59. The largest absolute Gasteiger partial charge is 0.480 e. The first kappa shape index (κ1) is 14.4. The molecule has 0 aromatic rings. The second-order valence-electron chi connectivity index (χ2n) is 6.37. The summed E-state index contributed by atoms with van der Waals surface area (Å²) in [5.41, 5.74) is -0.960. The highest BCUT2D eigenvalue weighted by Gasteiger charge is 2.46. The van der Waals surface area contributed by atoms with Crippen LogP contribution in [0.25, 0.3) is 0 Å². The minimum atomic E-state index is -0.960. The summed E-state index contributed by atoms with van der Waals surface area (Å²) in [6.07, 6.45) is 9.26. The van der Waals surface area contributed by atoms with Crippen LogP contribution in [0.2, 0.25) is 0 Å². The van der Waals surface area contributed by atoms with Gasteiger partial charge in [-0.3, -0.25) is 4.79 Å². The molecule has 4 nitrogen and oxygen atoms in total. The molecule has 2 aliphatic carbocycles. The van der Waals surface area contributed by atoms with E-state index in [1.165, 1.54) is 32.1 Å². The van der Waals surface area contributed by atoms with Gasteiger partial charge < -0.3 is 10.4 Å². The summed E-state index contributed by atoms with van der Waals surface area (Å²) >= 11 is 0. The van der Waals surface area contributed by atoms with Crippen LogP contribution in [0.4, 0.5) is 0 Å². The number of hydrogen-bond acceptors (Lipinski definition) is 2. The van der Waals surface area contributed by atoms with E-state index < -0.39 is 11.5 Å². The molecule has 2 N–H and O–H groups in total. The van der Waals surface area contributed by atoms with Crippen molar-refractivity contribution >= 4 is 11.9 Å². The number of nitrogens with one attached hydrogen (secondary N) is 1. The summed E-state index contributed by atoms with van der Waals surface area (Å²) in [4.78, 5) is 23.4. The zero-order valence-corrected chi connectivity index (χ0v) is 11.8. The minimum absolute atomic E-state index is 0.0695. The highest BCUT2D eigenvalue weighted by Crippen LogP contribution is 2.33. The van der Waals surface area contributed by atoms with Gasteiger partial charge in [0, 0.05) is 5.92 Å². The molecular formula is C15H25NO3. The van der Waals surface area contributed by atoms with E-state index in [0.29, 0.717) is 18.8 Å². The molecule has 1 unspecified atom stereocenters. The Labute approximate surface area is 115 Å². The smallest absolute Gasteiger partial charge is 0.329 e. The molecule has 0 radical (unpaired) electrons. The number of rotatable bonds is 5. The quantitative estimate of drug-likeness (QED) is 0.805. The van der Waals surface area contributed by atoms with Gasteiger partial charge in [0.1, 0.15) is 5.54 Å². The van der Waals surface area contributed by atoms with Crippen molar-refractivity contribution in [1.29, 1.82) is 0 Å². The fraction of sp³-hybridized carbons (Fsp3) is 0.867. The highest BCUT2D eigenvalue weighted by atomic mass is 16.4. The molecule has 2 rings (SSSR count). The molecule has 19 heavy (non-hydrogen) atoms. The molecule has 2 fully saturated rings. The van der Waals surface area contributed by atoms with Gasteiger partial charge in [-0.25, -0.2) is 4.79 Å². The van der Waals surface area contributed by atoms with E-state index in [1.807, 2.05) is 6.92 Å². The number of carbonyl (C=O) groups excluding carboxylic acids is 1. The van der Waals surface area contributed by atoms with Gasteiger partial charge in [-0.05, 0) is 31.6 Å². The number of carbonyl (C=O) groups is 2. The number of aliphatic carboxylic acids is 1. The lowest BCUT2D eigenvalue weighted by Gasteiger charge is -2.39. The number of carboxylic acids is 1. The SMILES string of the molecule is CC(CC1CCCCC1)C(=O)NC1(C(=O)O)CCC1. The Bertz CT molecular complexity index is 343. The molecule has 108 valence electrons. The molecule has 0 aliphatic heterocycles. The monoisotopic (exact) mass is 267 g/mol. The van der Waals surface area contributed by atoms with Crippen LogP contribution >= 0.6 is 0 Å². The third-order valence-corrected chi connectivity index (χ3v) is 4.84. The van der Waals surface area contributed by atoms with Crippen molar-refractivity contribution in [2.75, 3.05) is 0 Å². The van der Waals surface area contributed by atoms with Crippen molar-refractivity contribution < 1.29 is 14.7 Å². The lowest BCUT2D eigenvalue weighted by molar-refractivity contribution is -0.152. The molecule has 1 amide bonds. The summed E-state index contributed by atoms with van der Waals surface area (Å²) in [6.45, 7) is 1.93. The van der Waals surface area contributed by atoms with Crippen molar-refractivity contribution in [3.8, 4) is 0 Å². The average Bonchev–Trinajstić information content (AvgIpc) is 2.34. The summed E-state index contributed by atoms with van der Waals surface area (Å²) in [6, 6.07) is 0. The van der Waals surface area contributed by atoms with Gasteiger partial charge in [0.15, 0.2) is 0 Å². The summed E-state index contributed by atoms with van der Waals surface area (Å²) in [5.74, 6) is -0.374. The van der Waals surface area contributed by atoms with E-state index in [4.69, 9.17) is 0 Å². The fourth-order valence-electron chi connectivity index (χ4n) is 3.31. The standard InChI is InChI=1S/C15H25NO3/c1-11(10-12-6-3-2-4-7-12)13(17)16-15(14(18)19)8-5-9-15/h11-12H,2-10H2,1H3,(H,16,17)(H,18,19). The molecule has 2 saturated carbocycles. The van der Waals surface area contributed by atoms with Crippen LogP contribution in [0.3, 0.4) is 0 Å². The van der Waals surface area contributed by atoms with Crippen LogP contribution in [-0.4, -0.2) is 22.5 Å². The van der Waals surface area contributed by atoms with Crippen molar-refractivity contribution in [2.24, 2.45) is 11.8 Å². The Morgan fingerprint density at radius 1 is 1.21 bits per heavy atom. The highest BCUT2D eigenvalue weighted by molar-refractivity contribution is 5.88. The van der Waals surface area contributed by atoms with Gasteiger partial charge in [0.2, 0.25) is 5.91 Å². The zero-order valence-electron chi connectivity index (χ0n) is 11.8.